The third kappa shape index (κ3) is 14.9. The Morgan fingerprint density at radius 3 is 1.49 bits per heavy atom. The number of rotatable bonds is 26. The van der Waals surface area contributed by atoms with Gasteiger partial charge in [-0.15, -0.1) is 0 Å². The standard InChI is InChI=1S/C31H55O9P/c1-10-14-18-22-35-30(9,39-26(20-16-12-3)37-28(32)24(5)6)31(41-34,36-23-19-15-11-2)40-27(21-17-13-4)38-29(33)25(7)8/h26-27H,5,7,10-23H2,1-4,6,8-9H3. The molecule has 0 aromatic carbocycles. The van der Waals surface area contributed by atoms with Crippen LogP contribution in [0.3, 0.4) is 0 Å². The van der Waals surface area contributed by atoms with Crippen LogP contribution in [0.1, 0.15) is 126 Å². The number of unbranched alkanes of at least 4 members (excludes halogenated alkanes) is 6. The van der Waals surface area contributed by atoms with Crippen LogP contribution in [-0.4, -0.2) is 49.0 Å². The molecular weight excluding hydrogens is 547 g/mol. The van der Waals surface area contributed by atoms with Gasteiger partial charge >= 0.3 is 17.5 Å². The molecular formula is C31H55O9P. The van der Waals surface area contributed by atoms with Crippen LogP contribution in [0.5, 0.6) is 0 Å². The molecule has 0 aliphatic carbocycles. The minimum absolute atomic E-state index is 0.181. The predicted octanol–water partition coefficient (Wildman–Crippen LogP) is 8.37. The van der Waals surface area contributed by atoms with Crippen molar-refractivity contribution < 1.29 is 42.6 Å². The molecule has 0 spiro atoms. The van der Waals surface area contributed by atoms with Crippen LogP contribution in [-0.2, 0) is 42.6 Å². The Morgan fingerprint density at radius 2 is 1.10 bits per heavy atom. The minimum Gasteiger partial charge on any atom is -0.432 e. The van der Waals surface area contributed by atoms with Crippen LogP contribution in [0.25, 0.3) is 0 Å². The van der Waals surface area contributed by atoms with Gasteiger partial charge in [-0.05, 0) is 46.5 Å². The summed E-state index contributed by atoms with van der Waals surface area (Å²) in [5, 5.41) is 0. The summed E-state index contributed by atoms with van der Waals surface area (Å²) in [6.07, 6.45) is 6.52. The summed E-state index contributed by atoms with van der Waals surface area (Å²) < 4.78 is 49.7. The molecule has 0 saturated heterocycles. The first kappa shape index (κ1) is 39.4. The van der Waals surface area contributed by atoms with Gasteiger partial charge in [-0.3, -0.25) is 9.30 Å². The number of ether oxygens (including phenoxy) is 6. The second kappa shape index (κ2) is 22.0. The zero-order chi connectivity index (χ0) is 31.3. The lowest BCUT2D eigenvalue weighted by Gasteiger charge is -2.44. The van der Waals surface area contributed by atoms with E-state index < -0.39 is 44.3 Å². The fourth-order valence-corrected chi connectivity index (χ4v) is 4.27. The average molecular weight is 603 g/mol. The molecule has 0 fully saturated rings. The van der Waals surface area contributed by atoms with E-state index >= 15 is 0 Å². The van der Waals surface area contributed by atoms with Crippen molar-refractivity contribution in [2.75, 3.05) is 13.2 Å². The maximum Gasteiger partial charge on any atom is 0.335 e. The molecule has 9 nitrogen and oxygen atoms in total. The molecule has 4 atom stereocenters. The van der Waals surface area contributed by atoms with E-state index in [4.69, 9.17) is 28.4 Å². The molecule has 238 valence electrons. The van der Waals surface area contributed by atoms with Crippen molar-refractivity contribution in [3.05, 3.63) is 24.3 Å². The number of esters is 2. The van der Waals surface area contributed by atoms with E-state index in [9.17, 15) is 14.2 Å². The molecule has 0 N–H and O–H groups in total. The topological polar surface area (TPSA) is 107 Å². The van der Waals surface area contributed by atoms with Crippen LogP contribution in [0.2, 0.25) is 0 Å². The summed E-state index contributed by atoms with van der Waals surface area (Å²) in [6, 6.07) is 0. The molecule has 0 saturated carbocycles. The van der Waals surface area contributed by atoms with Gasteiger partial charge < -0.3 is 23.7 Å². The molecule has 0 aromatic rings. The maximum absolute atomic E-state index is 13.2. The highest BCUT2D eigenvalue weighted by atomic mass is 31.1. The van der Waals surface area contributed by atoms with Crippen LogP contribution in [0.4, 0.5) is 0 Å². The Labute approximate surface area is 249 Å². The molecule has 0 amide bonds. The van der Waals surface area contributed by atoms with E-state index in [0.717, 1.165) is 38.5 Å². The molecule has 0 bridgehead atoms. The highest BCUT2D eigenvalue weighted by molar-refractivity contribution is 7.25. The van der Waals surface area contributed by atoms with E-state index in [0.29, 0.717) is 38.5 Å². The Bertz CT molecular complexity index is 802. The first-order chi connectivity index (χ1) is 19.5. The molecule has 4 unspecified atom stereocenters. The fourth-order valence-electron chi connectivity index (χ4n) is 3.68. The second-order valence-corrected chi connectivity index (χ2v) is 11.3. The highest BCUT2D eigenvalue weighted by Gasteiger charge is 2.58. The normalized spacial score (nSPS) is 15.9. The molecule has 0 aromatic heterocycles. The van der Waals surface area contributed by atoms with E-state index in [1.54, 1.807) is 13.8 Å². The van der Waals surface area contributed by atoms with E-state index in [2.05, 4.69) is 27.0 Å². The number of carbonyl (C=O) groups excluding carboxylic acids is 2. The summed E-state index contributed by atoms with van der Waals surface area (Å²) in [5.74, 6) is -3.09. The third-order valence-corrected chi connectivity index (χ3v) is 7.15. The van der Waals surface area contributed by atoms with Gasteiger partial charge in [-0.2, -0.15) is 0 Å². The second-order valence-electron chi connectivity index (χ2n) is 10.5. The SMILES string of the molecule is C=C(C)C(=O)OC(CCCC)OC(C)(OCCCCC)C(OCCCCC)(OC(CCCC)OC(=O)C(=C)C)P=O. The highest BCUT2D eigenvalue weighted by Crippen LogP contribution is 2.44. The Hall–Kier alpha value is -1.64. The number of hydrogen-bond donors (Lipinski definition) is 0. The lowest BCUT2D eigenvalue weighted by Crippen LogP contribution is -2.59. The largest absolute Gasteiger partial charge is 0.432 e. The monoisotopic (exact) mass is 602 g/mol. The molecule has 0 aliphatic rings. The van der Waals surface area contributed by atoms with Gasteiger partial charge in [0, 0.05) is 24.0 Å². The predicted molar refractivity (Wildman–Crippen MR) is 160 cm³/mol. The van der Waals surface area contributed by atoms with Crippen molar-refractivity contribution in [2.45, 2.75) is 149 Å². The van der Waals surface area contributed by atoms with Gasteiger partial charge in [0.15, 0.2) is 0 Å². The van der Waals surface area contributed by atoms with Gasteiger partial charge in [0.05, 0.1) is 13.2 Å². The van der Waals surface area contributed by atoms with E-state index in [1.165, 1.54) is 6.92 Å². The van der Waals surface area contributed by atoms with Crippen LogP contribution >= 0.6 is 8.46 Å². The zero-order valence-electron chi connectivity index (χ0n) is 26.6. The van der Waals surface area contributed by atoms with Crippen LogP contribution < -0.4 is 0 Å². The summed E-state index contributed by atoms with van der Waals surface area (Å²) in [7, 11) is -0.611. The van der Waals surface area contributed by atoms with Gasteiger partial charge in [0.2, 0.25) is 26.8 Å². The smallest absolute Gasteiger partial charge is 0.335 e. The maximum atomic E-state index is 13.2. The van der Waals surface area contributed by atoms with E-state index in [-0.39, 0.29) is 24.4 Å². The van der Waals surface area contributed by atoms with Crippen molar-refractivity contribution in [1.82, 2.24) is 0 Å². The van der Waals surface area contributed by atoms with Crippen molar-refractivity contribution in [3.63, 3.8) is 0 Å². The molecule has 0 rings (SSSR count). The summed E-state index contributed by atoms with van der Waals surface area (Å²) in [4.78, 5) is 25.0. The quantitative estimate of drug-likeness (QED) is 0.0317. The first-order valence-corrected chi connectivity index (χ1v) is 16.0. The summed E-state index contributed by atoms with van der Waals surface area (Å²) in [6.45, 7) is 20.5. The fraction of sp³-hybridized carbons (Fsp3) is 0.806. The first-order valence-electron chi connectivity index (χ1n) is 15.2. The third-order valence-electron chi connectivity index (χ3n) is 6.27. The van der Waals surface area contributed by atoms with Gasteiger partial charge in [0.1, 0.15) is 0 Å². The Balaban J connectivity index is 6.73. The van der Waals surface area contributed by atoms with E-state index in [1.807, 2.05) is 13.8 Å². The van der Waals surface area contributed by atoms with Crippen molar-refractivity contribution >= 4 is 20.4 Å². The molecule has 10 heteroatoms. The summed E-state index contributed by atoms with van der Waals surface area (Å²) in [5.41, 5.74) is -1.64. The summed E-state index contributed by atoms with van der Waals surface area (Å²) >= 11 is 0. The van der Waals surface area contributed by atoms with Crippen molar-refractivity contribution in [3.8, 4) is 0 Å². The van der Waals surface area contributed by atoms with Gasteiger partial charge in [-0.1, -0.05) is 79.4 Å². The Kier molecular flexibility index (Phi) is 21.1. The molecule has 0 radical (unpaired) electrons. The van der Waals surface area contributed by atoms with Crippen LogP contribution in [0, 0.1) is 0 Å². The van der Waals surface area contributed by atoms with Gasteiger partial charge in [-0.25, -0.2) is 9.59 Å². The zero-order valence-corrected chi connectivity index (χ0v) is 27.5. The Morgan fingerprint density at radius 1 is 0.683 bits per heavy atom. The lowest BCUT2D eigenvalue weighted by molar-refractivity contribution is -0.412. The number of carbonyl (C=O) groups is 2. The molecule has 41 heavy (non-hydrogen) atoms. The van der Waals surface area contributed by atoms with Gasteiger partial charge in [0.25, 0.3) is 0 Å². The van der Waals surface area contributed by atoms with Crippen LogP contribution in [0.15, 0.2) is 24.3 Å². The lowest BCUT2D eigenvalue weighted by atomic mass is 10.2. The van der Waals surface area contributed by atoms with Crippen molar-refractivity contribution in [2.24, 2.45) is 0 Å². The number of hydrogen-bond acceptors (Lipinski definition) is 9. The molecule has 0 heterocycles. The minimum atomic E-state index is -2.05. The van der Waals surface area contributed by atoms with Crippen molar-refractivity contribution in [1.29, 1.82) is 0 Å². The average Bonchev–Trinajstić information content (AvgIpc) is 2.93. The molecule has 0 aliphatic heterocycles.